The van der Waals surface area contributed by atoms with Crippen LogP contribution in [0.15, 0.2) is 18.2 Å². The summed E-state index contributed by atoms with van der Waals surface area (Å²) in [6.07, 6.45) is 0. The molecule has 0 spiro atoms. The van der Waals surface area contributed by atoms with E-state index in [1.165, 1.54) is 6.07 Å². The van der Waals surface area contributed by atoms with Crippen molar-refractivity contribution in [2.75, 3.05) is 13.1 Å². The Morgan fingerprint density at radius 1 is 1.38 bits per heavy atom. The van der Waals surface area contributed by atoms with Gasteiger partial charge in [0.2, 0.25) is 0 Å². The van der Waals surface area contributed by atoms with Crippen LogP contribution >= 0.6 is 0 Å². The summed E-state index contributed by atoms with van der Waals surface area (Å²) in [5.74, 6) is 0.283. The second kappa shape index (κ2) is 4.53. The van der Waals surface area contributed by atoms with Crippen LogP contribution in [0.5, 0.6) is 0 Å². The first kappa shape index (κ1) is 11.6. The largest absolute Gasteiger partial charge is 0.488 e. The Morgan fingerprint density at radius 2 is 2.06 bits per heavy atom. The molecule has 5 heteroatoms. The van der Waals surface area contributed by atoms with Gasteiger partial charge in [0.05, 0.1) is 0 Å². The van der Waals surface area contributed by atoms with Crippen molar-refractivity contribution in [1.82, 2.24) is 4.90 Å². The van der Waals surface area contributed by atoms with Crippen LogP contribution in [0.25, 0.3) is 0 Å². The quantitative estimate of drug-likeness (QED) is 0.706. The fourth-order valence-electron chi connectivity index (χ4n) is 2.13. The van der Waals surface area contributed by atoms with Gasteiger partial charge in [-0.05, 0) is 29.1 Å². The van der Waals surface area contributed by atoms with Crippen LogP contribution in [0.1, 0.15) is 12.5 Å². The number of benzene rings is 1. The lowest BCUT2D eigenvalue weighted by molar-refractivity contribution is 0.105. The highest BCUT2D eigenvalue weighted by atomic mass is 19.1. The monoisotopic (exact) mass is 223 g/mol. The molecule has 0 aliphatic carbocycles. The minimum atomic E-state index is -1.61. The summed E-state index contributed by atoms with van der Waals surface area (Å²) in [5, 5.41) is 18.0. The Kier molecular flexibility index (Phi) is 3.28. The minimum absolute atomic E-state index is 0.212. The van der Waals surface area contributed by atoms with Gasteiger partial charge in [-0.1, -0.05) is 13.0 Å². The first-order valence-corrected chi connectivity index (χ1v) is 5.42. The third-order valence-corrected chi connectivity index (χ3v) is 2.82. The van der Waals surface area contributed by atoms with Crippen LogP contribution in [0, 0.1) is 11.7 Å². The summed E-state index contributed by atoms with van der Waals surface area (Å²) in [6, 6.07) is 4.22. The van der Waals surface area contributed by atoms with Crippen LogP contribution in [0.2, 0.25) is 0 Å². The van der Waals surface area contributed by atoms with E-state index in [0.717, 1.165) is 24.7 Å². The van der Waals surface area contributed by atoms with Crippen LogP contribution < -0.4 is 5.46 Å². The maximum Gasteiger partial charge on any atom is 0.488 e. The second-order valence-electron chi connectivity index (χ2n) is 4.57. The summed E-state index contributed by atoms with van der Waals surface area (Å²) >= 11 is 0. The summed E-state index contributed by atoms with van der Waals surface area (Å²) in [5.41, 5.74) is 0.999. The molecule has 1 aliphatic heterocycles. The molecule has 0 saturated carbocycles. The lowest BCUT2D eigenvalue weighted by atomic mass is 9.79. The van der Waals surface area contributed by atoms with Gasteiger partial charge in [-0.25, -0.2) is 4.39 Å². The van der Waals surface area contributed by atoms with Crippen molar-refractivity contribution in [2.45, 2.75) is 13.5 Å². The van der Waals surface area contributed by atoms with Crippen LogP contribution in [0.4, 0.5) is 4.39 Å². The zero-order valence-corrected chi connectivity index (χ0v) is 9.23. The van der Waals surface area contributed by atoms with Crippen molar-refractivity contribution in [3.05, 3.63) is 29.6 Å². The van der Waals surface area contributed by atoms with Crippen LogP contribution in [-0.4, -0.2) is 35.2 Å². The topological polar surface area (TPSA) is 43.7 Å². The number of likely N-dealkylation sites (tertiary alicyclic amines) is 1. The fraction of sp³-hybridized carbons (Fsp3) is 0.455. The van der Waals surface area contributed by atoms with Crippen molar-refractivity contribution in [3.8, 4) is 0 Å². The molecule has 0 bridgehead atoms. The van der Waals surface area contributed by atoms with Crippen molar-refractivity contribution in [1.29, 1.82) is 0 Å². The number of hydrogen-bond donors (Lipinski definition) is 2. The van der Waals surface area contributed by atoms with E-state index in [1.807, 2.05) is 0 Å². The highest BCUT2D eigenvalue weighted by molar-refractivity contribution is 6.58. The molecule has 0 unspecified atom stereocenters. The first-order valence-electron chi connectivity index (χ1n) is 5.42. The molecule has 0 aromatic heterocycles. The molecule has 1 fully saturated rings. The maximum absolute atomic E-state index is 13.2. The molecule has 0 radical (unpaired) electrons. The lowest BCUT2D eigenvalue weighted by Gasteiger charge is -2.37. The fourth-order valence-corrected chi connectivity index (χ4v) is 2.13. The first-order chi connectivity index (χ1) is 7.54. The van der Waals surface area contributed by atoms with Gasteiger partial charge in [-0.2, -0.15) is 0 Å². The Labute approximate surface area is 94.7 Å². The predicted molar refractivity (Wildman–Crippen MR) is 60.7 cm³/mol. The van der Waals surface area contributed by atoms with Crippen molar-refractivity contribution >= 4 is 12.6 Å². The minimum Gasteiger partial charge on any atom is -0.423 e. The highest BCUT2D eigenvalue weighted by Gasteiger charge is 2.23. The Morgan fingerprint density at radius 3 is 2.62 bits per heavy atom. The summed E-state index contributed by atoms with van der Waals surface area (Å²) < 4.78 is 13.2. The van der Waals surface area contributed by atoms with Crippen molar-refractivity contribution in [3.63, 3.8) is 0 Å². The highest BCUT2D eigenvalue weighted by Crippen LogP contribution is 2.17. The van der Waals surface area contributed by atoms with Gasteiger partial charge in [0.25, 0.3) is 0 Å². The smallest absolute Gasteiger partial charge is 0.423 e. The van der Waals surface area contributed by atoms with E-state index in [0.29, 0.717) is 12.5 Å². The van der Waals surface area contributed by atoms with Crippen LogP contribution in [0.3, 0.4) is 0 Å². The molecule has 1 aromatic carbocycles. The van der Waals surface area contributed by atoms with E-state index < -0.39 is 12.9 Å². The van der Waals surface area contributed by atoms with Gasteiger partial charge in [-0.15, -0.1) is 0 Å². The molecule has 0 amide bonds. The molecular formula is C11H15BFNO2. The van der Waals surface area contributed by atoms with Gasteiger partial charge in [0, 0.05) is 19.6 Å². The Balaban J connectivity index is 2.08. The number of rotatable bonds is 3. The Hall–Kier alpha value is -0.905. The van der Waals surface area contributed by atoms with Gasteiger partial charge in [0.15, 0.2) is 0 Å². The summed E-state index contributed by atoms with van der Waals surface area (Å²) in [7, 11) is -1.61. The van der Waals surface area contributed by atoms with E-state index in [4.69, 9.17) is 10.0 Å². The molecule has 1 saturated heterocycles. The van der Waals surface area contributed by atoms with Gasteiger partial charge in [-0.3, -0.25) is 4.90 Å². The molecule has 1 heterocycles. The Bertz CT molecular complexity index is 380. The summed E-state index contributed by atoms with van der Waals surface area (Å²) in [6.45, 7) is 4.88. The lowest BCUT2D eigenvalue weighted by Crippen LogP contribution is -2.44. The molecule has 3 nitrogen and oxygen atoms in total. The average Bonchev–Trinajstić information content (AvgIpc) is 2.14. The summed E-state index contributed by atoms with van der Waals surface area (Å²) in [4.78, 5) is 2.20. The second-order valence-corrected chi connectivity index (χ2v) is 4.57. The predicted octanol–water partition coefficient (Wildman–Crippen LogP) is -0.0428. The zero-order chi connectivity index (χ0) is 11.7. The number of hydrogen-bond acceptors (Lipinski definition) is 3. The molecule has 0 atom stereocenters. The van der Waals surface area contributed by atoms with Gasteiger partial charge < -0.3 is 10.0 Å². The van der Waals surface area contributed by atoms with Crippen molar-refractivity contribution in [2.24, 2.45) is 5.92 Å². The standard InChI is InChI=1S/C11H15BFNO2/c1-8-5-14(6-8)7-9-2-10(12(15)16)4-11(13)3-9/h2-4,8,15-16H,5-7H2,1H3. The maximum atomic E-state index is 13.2. The molecule has 2 N–H and O–H groups in total. The SMILES string of the molecule is CC1CN(Cc2cc(F)cc(B(O)O)c2)C1. The average molecular weight is 223 g/mol. The zero-order valence-electron chi connectivity index (χ0n) is 9.23. The molecule has 86 valence electrons. The van der Waals surface area contributed by atoms with E-state index in [-0.39, 0.29) is 5.46 Å². The molecule has 1 aliphatic rings. The van der Waals surface area contributed by atoms with E-state index in [2.05, 4.69) is 11.8 Å². The normalized spacial score (nSPS) is 17.2. The van der Waals surface area contributed by atoms with E-state index in [9.17, 15) is 4.39 Å². The molecule has 16 heavy (non-hydrogen) atoms. The third-order valence-electron chi connectivity index (χ3n) is 2.82. The van der Waals surface area contributed by atoms with Crippen molar-refractivity contribution < 1.29 is 14.4 Å². The van der Waals surface area contributed by atoms with Gasteiger partial charge in [0.1, 0.15) is 5.82 Å². The molecule has 1 aromatic rings. The van der Waals surface area contributed by atoms with Gasteiger partial charge >= 0.3 is 7.12 Å². The number of nitrogens with zero attached hydrogens (tertiary/aromatic N) is 1. The molecular weight excluding hydrogens is 208 g/mol. The third kappa shape index (κ3) is 2.61. The van der Waals surface area contributed by atoms with E-state index >= 15 is 0 Å². The molecule has 2 rings (SSSR count). The van der Waals surface area contributed by atoms with E-state index in [1.54, 1.807) is 6.07 Å². The van der Waals surface area contributed by atoms with Crippen LogP contribution in [-0.2, 0) is 6.54 Å². The number of halogens is 1.